The van der Waals surface area contributed by atoms with Crippen molar-refractivity contribution < 1.29 is 13.6 Å². The van der Waals surface area contributed by atoms with Crippen LogP contribution in [0.1, 0.15) is 10.4 Å². The lowest BCUT2D eigenvalue weighted by molar-refractivity contribution is 0.102. The first-order valence-corrected chi connectivity index (χ1v) is 6.11. The summed E-state index contributed by atoms with van der Waals surface area (Å²) in [4.78, 5) is 20.2. The SMILES string of the molecule is O=C(Nc1cc(F)ccc1F)c1ccc2nccnc2c1. The maximum atomic E-state index is 13.5. The number of anilines is 1. The molecule has 0 unspecified atom stereocenters. The molecule has 1 amide bonds. The second-order valence-corrected chi connectivity index (χ2v) is 4.34. The lowest BCUT2D eigenvalue weighted by atomic mass is 10.1. The van der Waals surface area contributed by atoms with E-state index in [9.17, 15) is 13.6 Å². The zero-order chi connectivity index (χ0) is 14.8. The Morgan fingerprint density at radius 3 is 2.52 bits per heavy atom. The van der Waals surface area contributed by atoms with Crippen LogP contribution in [-0.2, 0) is 0 Å². The van der Waals surface area contributed by atoms with Crippen molar-refractivity contribution in [3.8, 4) is 0 Å². The Bertz CT molecular complexity index is 836. The molecule has 0 saturated heterocycles. The number of rotatable bonds is 2. The van der Waals surface area contributed by atoms with Crippen molar-refractivity contribution in [1.82, 2.24) is 9.97 Å². The molecule has 21 heavy (non-hydrogen) atoms. The first-order valence-electron chi connectivity index (χ1n) is 6.11. The van der Waals surface area contributed by atoms with Crippen LogP contribution in [0.2, 0.25) is 0 Å². The Kier molecular flexibility index (Phi) is 3.27. The number of fused-ring (bicyclic) bond motifs is 1. The van der Waals surface area contributed by atoms with Crippen LogP contribution in [0.25, 0.3) is 11.0 Å². The molecule has 0 aliphatic heterocycles. The molecular formula is C15H9F2N3O. The van der Waals surface area contributed by atoms with Crippen molar-refractivity contribution in [2.75, 3.05) is 5.32 Å². The predicted molar refractivity (Wildman–Crippen MR) is 73.8 cm³/mol. The highest BCUT2D eigenvalue weighted by atomic mass is 19.1. The Morgan fingerprint density at radius 2 is 1.71 bits per heavy atom. The fourth-order valence-corrected chi connectivity index (χ4v) is 1.89. The largest absolute Gasteiger partial charge is 0.319 e. The van der Waals surface area contributed by atoms with Crippen molar-refractivity contribution in [1.29, 1.82) is 0 Å². The summed E-state index contributed by atoms with van der Waals surface area (Å²) in [6.45, 7) is 0. The number of hydrogen-bond donors (Lipinski definition) is 1. The van der Waals surface area contributed by atoms with Gasteiger partial charge in [0.25, 0.3) is 5.91 Å². The summed E-state index contributed by atoms with van der Waals surface area (Å²) in [5.41, 5.74) is 1.27. The van der Waals surface area contributed by atoms with Crippen molar-refractivity contribution in [3.05, 3.63) is 66.0 Å². The third-order valence-corrected chi connectivity index (χ3v) is 2.91. The molecule has 0 aliphatic carbocycles. The minimum absolute atomic E-state index is 0.209. The van der Waals surface area contributed by atoms with Crippen LogP contribution < -0.4 is 5.32 Å². The highest BCUT2D eigenvalue weighted by Gasteiger charge is 2.11. The smallest absolute Gasteiger partial charge is 0.255 e. The van der Waals surface area contributed by atoms with Crippen LogP contribution in [0.5, 0.6) is 0 Å². The number of nitrogens with zero attached hydrogens (tertiary/aromatic N) is 2. The molecule has 4 nitrogen and oxygen atoms in total. The molecule has 3 rings (SSSR count). The molecule has 0 radical (unpaired) electrons. The van der Waals surface area contributed by atoms with Gasteiger partial charge in [-0.05, 0) is 30.3 Å². The van der Waals surface area contributed by atoms with Gasteiger partial charge in [-0.3, -0.25) is 14.8 Å². The van der Waals surface area contributed by atoms with Gasteiger partial charge in [0.2, 0.25) is 0 Å². The zero-order valence-electron chi connectivity index (χ0n) is 10.7. The summed E-state index contributed by atoms with van der Waals surface area (Å²) >= 11 is 0. The Hall–Kier alpha value is -2.89. The van der Waals surface area contributed by atoms with Crippen LogP contribution in [0.3, 0.4) is 0 Å². The summed E-state index contributed by atoms with van der Waals surface area (Å²) in [5.74, 6) is -1.88. The Labute approximate surface area is 118 Å². The zero-order valence-corrected chi connectivity index (χ0v) is 10.7. The molecule has 1 aromatic heterocycles. The van der Waals surface area contributed by atoms with Gasteiger partial charge < -0.3 is 5.32 Å². The van der Waals surface area contributed by atoms with Crippen molar-refractivity contribution in [2.24, 2.45) is 0 Å². The normalized spacial score (nSPS) is 10.6. The molecule has 2 aromatic carbocycles. The van der Waals surface area contributed by atoms with Gasteiger partial charge in [-0.25, -0.2) is 8.78 Å². The lowest BCUT2D eigenvalue weighted by Crippen LogP contribution is -2.13. The average Bonchev–Trinajstić information content (AvgIpc) is 2.50. The molecule has 0 bridgehead atoms. The van der Waals surface area contributed by atoms with Crippen LogP contribution in [0, 0.1) is 11.6 Å². The first-order chi connectivity index (χ1) is 10.1. The predicted octanol–water partition coefficient (Wildman–Crippen LogP) is 3.16. The molecule has 0 spiro atoms. The summed E-state index contributed by atoms with van der Waals surface area (Å²) in [5, 5.41) is 2.33. The number of benzene rings is 2. The molecule has 1 heterocycles. The van der Waals surface area contributed by atoms with E-state index in [2.05, 4.69) is 15.3 Å². The number of amides is 1. The number of hydrogen-bond acceptors (Lipinski definition) is 3. The second kappa shape index (κ2) is 5.24. The van der Waals surface area contributed by atoms with E-state index in [-0.39, 0.29) is 11.3 Å². The summed E-state index contributed by atoms with van der Waals surface area (Å²) < 4.78 is 26.6. The lowest BCUT2D eigenvalue weighted by Gasteiger charge is -2.07. The van der Waals surface area contributed by atoms with E-state index in [1.807, 2.05) is 0 Å². The van der Waals surface area contributed by atoms with Gasteiger partial charge in [0, 0.05) is 24.0 Å². The van der Waals surface area contributed by atoms with Gasteiger partial charge in [0.05, 0.1) is 16.7 Å². The summed E-state index contributed by atoms with van der Waals surface area (Å²) in [6.07, 6.45) is 3.06. The van der Waals surface area contributed by atoms with E-state index < -0.39 is 17.5 Å². The fourth-order valence-electron chi connectivity index (χ4n) is 1.89. The highest BCUT2D eigenvalue weighted by molar-refractivity contribution is 6.05. The van der Waals surface area contributed by atoms with E-state index >= 15 is 0 Å². The van der Waals surface area contributed by atoms with Crippen LogP contribution in [0.4, 0.5) is 14.5 Å². The van der Waals surface area contributed by atoms with E-state index in [0.717, 1.165) is 18.2 Å². The topological polar surface area (TPSA) is 54.9 Å². The van der Waals surface area contributed by atoms with Gasteiger partial charge in [-0.2, -0.15) is 0 Å². The van der Waals surface area contributed by atoms with Crippen molar-refractivity contribution in [2.45, 2.75) is 0 Å². The molecule has 0 atom stereocenters. The first kappa shape index (κ1) is 13.1. The molecule has 6 heteroatoms. The van der Waals surface area contributed by atoms with Gasteiger partial charge in [0.1, 0.15) is 11.6 Å². The van der Waals surface area contributed by atoms with E-state index in [1.54, 1.807) is 18.3 Å². The van der Waals surface area contributed by atoms with Crippen LogP contribution >= 0.6 is 0 Å². The fraction of sp³-hybridized carbons (Fsp3) is 0. The summed E-state index contributed by atoms with van der Waals surface area (Å²) in [7, 11) is 0. The van der Waals surface area contributed by atoms with Gasteiger partial charge >= 0.3 is 0 Å². The third kappa shape index (κ3) is 2.69. The Balaban J connectivity index is 1.91. The van der Waals surface area contributed by atoms with Gasteiger partial charge in [-0.15, -0.1) is 0 Å². The minimum atomic E-state index is -0.703. The quantitative estimate of drug-likeness (QED) is 0.787. The molecule has 104 valence electrons. The number of carbonyl (C=O) groups is 1. The monoisotopic (exact) mass is 285 g/mol. The average molecular weight is 285 g/mol. The van der Waals surface area contributed by atoms with E-state index in [0.29, 0.717) is 11.0 Å². The van der Waals surface area contributed by atoms with Crippen molar-refractivity contribution >= 4 is 22.6 Å². The number of halogens is 2. The van der Waals surface area contributed by atoms with Gasteiger partial charge in [0.15, 0.2) is 0 Å². The standard InChI is InChI=1S/C15H9F2N3O/c16-10-2-3-11(17)13(8-10)20-15(21)9-1-4-12-14(7-9)19-6-5-18-12/h1-8H,(H,20,21). The van der Waals surface area contributed by atoms with Crippen LogP contribution in [-0.4, -0.2) is 15.9 Å². The molecule has 0 aliphatic rings. The Morgan fingerprint density at radius 1 is 0.952 bits per heavy atom. The van der Waals surface area contributed by atoms with Crippen LogP contribution in [0.15, 0.2) is 48.8 Å². The molecule has 3 aromatic rings. The molecular weight excluding hydrogens is 276 g/mol. The maximum Gasteiger partial charge on any atom is 0.255 e. The van der Waals surface area contributed by atoms with Gasteiger partial charge in [-0.1, -0.05) is 0 Å². The summed E-state index contributed by atoms with van der Waals surface area (Å²) in [6, 6.07) is 7.58. The number of nitrogens with one attached hydrogen (secondary N) is 1. The minimum Gasteiger partial charge on any atom is -0.319 e. The molecule has 1 N–H and O–H groups in total. The number of aromatic nitrogens is 2. The molecule has 0 fully saturated rings. The molecule has 0 saturated carbocycles. The second-order valence-electron chi connectivity index (χ2n) is 4.34. The highest BCUT2D eigenvalue weighted by Crippen LogP contribution is 2.17. The van der Waals surface area contributed by atoms with E-state index in [1.165, 1.54) is 12.3 Å². The van der Waals surface area contributed by atoms with Crippen molar-refractivity contribution in [3.63, 3.8) is 0 Å². The third-order valence-electron chi connectivity index (χ3n) is 2.91. The number of carbonyl (C=O) groups excluding carboxylic acids is 1. The maximum absolute atomic E-state index is 13.5. The van der Waals surface area contributed by atoms with E-state index in [4.69, 9.17) is 0 Å².